The molecule has 0 N–H and O–H groups in total. The molecule has 0 heterocycles. The van der Waals surface area contributed by atoms with Gasteiger partial charge >= 0.3 is 0 Å². The fourth-order valence-electron chi connectivity index (χ4n) is 1.71. The Morgan fingerprint density at radius 1 is 1.14 bits per heavy atom. The lowest BCUT2D eigenvalue weighted by Gasteiger charge is -2.27. The molecule has 1 aliphatic carbocycles. The van der Waals surface area contributed by atoms with Gasteiger partial charge in [-0.15, -0.1) is 0 Å². The molecule has 3 nitrogen and oxygen atoms in total. The summed E-state index contributed by atoms with van der Waals surface area (Å²) in [6, 6.07) is 0. The van der Waals surface area contributed by atoms with E-state index in [1.165, 1.54) is 0 Å². The summed E-state index contributed by atoms with van der Waals surface area (Å²) in [5, 5.41) is 0. The summed E-state index contributed by atoms with van der Waals surface area (Å²) in [7, 11) is 5.05. The molecule has 0 saturated heterocycles. The molecule has 0 aliphatic heterocycles. The minimum absolute atomic E-state index is 0.121. The van der Waals surface area contributed by atoms with E-state index in [2.05, 4.69) is 19.1 Å². The summed E-state index contributed by atoms with van der Waals surface area (Å²) >= 11 is 0. The third kappa shape index (κ3) is 2.51. The first kappa shape index (κ1) is 11.1. The van der Waals surface area contributed by atoms with Crippen LogP contribution in [-0.4, -0.2) is 27.9 Å². The van der Waals surface area contributed by atoms with Gasteiger partial charge in [0, 0.05) is 12.5 Å². The molecule has 0 saturated carbocycles. The second-order valence-electron chi connectivity index (χ2n) is 3.75. The Kier molecular flexibility index (Phi) is 3.58. The van der Waals surface area contributed by atoms with Crippen LogP contribution in [0.25, 0.3) is 0 Å². The fraction of sp³-hybridized carbons (Fsp3) is 0.636. The molecule has 0 amide bonds. The third-order valence-corrected chi connectivity index (χ3v) is 2.31. The molecular weight excluding hydrogens is 180 g/mol. The van der Waals surface area contributed by atoms with Gasteiger partial charge < -0.3 is 14.2 Å². The van der Waals surface area contributed by atoms with Crippen LogP contribution in [0.2, 0.25) is 0 Å². The maximum absolute atomic E-state index is 5.25. The highest BCUT2D eigenvalue weighted by Gasteiger charge is 2.26. The van der Waals surface area contributed by atoms with E-state index in [0.717, 1.165) is 17.9 Å². The van der Waals surface area contributed by atoms with Crippen molar-refractivity contribution >= 4 is 0 Å². The molecule has 0 atom stereocenters. The average molecular weight is 198 g/mol. The van der Waals surface area contributed by atoms with E-state index >= 15 is 0 Å². The van der Waals surface area contributed by atoms with Gasteiger partial charge in [0.15, 0.2) is 0 Å². The van der Waals surface area contributed by atoms with Crippen molar-refractivity contribution in [1.82, 2.24) is 0 Å². The zero-order valence-electron chi connectivity index (χ0n) is 9.29. The monoisotopic (exact) mass is 198 g/mol. The Balaban J connectivity index is 2.85. The van der Waals surface area contributed by atoms with Crippen LogP contribution < -0.4 is 0 Å². The maximum Gasteiger partial charge on any atom is 0.1000 e. The van der Waals surface area contributed by atoms with Crippen molar-refractivity contribution in [2.24, 2.45) is 5.41 Å². The van der Waals surface area contributed by atoms with E-state index in [-0.39, 0.29) is 5.41 Å². The van der Waals surface area contributed by atoms with E-state index in [1.54, 1.807) is 21.3 Å². The SMILES string of the molecule is COCC1(C)C=C(OC)CC(OC)=C1. The van der Waals surface area contributed by atoms with Gasteiger partial charge in [0.05, 0.1) is 38.8 Å². The van der Waals surface area contributed by atoms with Crippen LogP contribution in [0.1, 0.15) is 13.3 Å². The molecular formula is C11H18O3. The number of hydrogen-bond acceptors (Lipinski definition) is 3. The molecule has 14 heavy (non-hydrogen) atoms. The second-order valence-corrected chi connectivity index (χ2v) is 3.75. The van der Waals surface area contributed by atoms with Crippen LogP contribution in [0.5, 0.6) is 0 Å². The Hall–Kier alpha value is -0.960. The van der Waals surface area contributed by atoms with Crippen LogP contribution in [-0.2, 0) is 14.2 Å². The van der Waals surface area contributed by atoms with Gasteiger partial charge in [-0.25, -0.2) is 0 Å². The van der Waals surface area contributed by atoms with Gasteiger partial charge in [0.1, 0.15) is 0 Å². The third-order valence-electron chi connectivity index (χ3n) is 2.31. The summed E-state index contributed by atoms with van der Waals surface area (Å²) in [5.74, 6) is 1.87. The number of ether oxygens (including phenoxy) is 3. The summed E-state index contributed by atoms with van der Waals surface area (Å²) in [6.45, 7) is 2.72. The van der Waals surface area contributed by atoms with Crippen molar-refractivity contribution < 1.29 is 14.2 Å². The van der Waals surface area contributed by atoms with Gasteiger partial charge in [-0.1, -0.05) is 6.92 Å². The highest BCUT2D eigenvalue weighted by Crippen LogP contribution is 2.32. The van der Waals surface area contributed by atoms with Crippen molar-refractivity contribution in [3.8, 4) is 0 Å². The van der Waals surface area contributed by atoms with E-state index in [9.17, 15) is 0 Å². The topological polar surface area (TPSA) is 27.7 Å². The zero-order valence-corrected chi connectivity index (χ0v) is 9.29. The maximum atomic E-state index is 5.25. The quantitative estimate of drug-likeness (QED) is 0.692. The lowest BCUT2D eigenvalue weighted by atomic mass is 9.86. The largest absolute Gasteiger partial charge is 0.501 e. The molecule has 1 aliphatic rings. The highest BCUT2D eigenvalue weighted by atomic mass is 16.5. The first-order chi connectivity index (χ1) is 6.63. The molecule has 0 aromatic rings. The van der Waals surface area contributed by atoms with Gasteiger partial charge in [-0.05, 0) is 12.2 Å². The summed E-state index contributed by atoms with van der Waals surface area (Å²) < 4.78 is 15.7. The minimum atomic E-state index is -0.121. The van der Waals surface area contributed by atoms with E-state index in [1.807, 2.05) is 0 Å². The smallest absolute Gasteiger partial charge is 0.1000 e. The van der Waals surface area contributed by atoms with Crippen molar-refractivity contribution in [2.45, 2.75) is 13.3 Å². The molecule has 1 rings (SSSR count). The first-order valence-corrected chi connectivity index (χ1v) is 4.64. The van der Waals surface area contributed by atoms with Crippen molar-refractivity contribution in [1.29, 1.82) is 0 Å². The van der Waals surface area contributed by atoms with Crippen LogP contribution in [0, 0.1) is 5.41 Å². The number of rotatable bonds is 4. The first-order valence-electron chi connectivity index (χ1n) is 4.64. The Bertz CT molecular complexity index is 233. The van der Waals surface area contributed by atoms with Crippen LogP contribution in [0.4, 0.5) is 0 Å². The predicted octanol–water partition coefficient (Wildman–Crippen LogP) is 2.10. The Labute approximate surface area is 85.3 Å². The number of hydrogen-bond donors (Lipinski definition) is 0. The van der Waals surface area contributed by atoms with Gasteiger partial charge in [-0.3, -0.25) is 0 Å². The molecule has 3 heteroatoms. The molecule has 0 radical (unpaired) electrons. The lowest BCUT2D eigenvalue weighted by molar-refractivity contribution is 0.133. The van der Waals surface area contributed by atoms with Gasteiger partial charge in [0.2, 0.25) is 0 Å². The number of methoxy groups -OCH3 is 3. The predicted molar refractivity (Wildman–Crippen MR) is 54.8 cm³/mol. The van der Waals surface area contributed by atoms with Crippen molar-refractivity contribution in [2.75, 3.05) is 27.9 Å². The second kappa shape index (κ2) is 4.51. The van der Waals surface area contributed by atoms with Gasteiger partial charge in [-0.2, -0.15) is 0 Å². The van der Waals surface area contributed by atoms with Crippen molar-refractivity contribution in [3.05, 3.63) is 23.7 Å². The Morgan fingerprint density at radius 2 is 1.64 bits per heavy atom. The average Bonchev–Trinajstić information content (AvgIpc) is 2.16. The molecule has 0 aromatic carbocycles. The summed E-state index contributed by atoms with van der Waals surface area (Å²) in [6.07, 6.45) is 4.89. The van der Waals surface area contributed by atoms with E-state index in [0.29, 0.717) is 6.61 Å². The Morgan fingerprint density at radius 3 is 2.00 bits per heavy atom. The van der Waals surface area contributed by atoms with E-state index < -0.39 is 0 Å². The summed E-state index contributed by atoms with van der Waals surface area (Å²) in [4.78, 5) is 0. The van der Waals surface area contributed by atoms with E-state index in [4.69, 9.17) is 14.2 Å². The minimum Gasteiger partial charge on any atom is -0.501 e. The van der Waals surface area contributed by atoms with Crippen molar-refractivity contribution in [3.63, 3.8) is 0 Å². The zero-order chi connectivity index (χ0) is 10.6. The molecule has 0 bridgehead atoms. The summed E-state index contributed by atoms with van der Waals surface area (Å²) in [5.41, 5.74) is -0.121. The van der Waals surface area contributed by atoms with Crippen LogP contribution >= 0.6 is 0 Å². The van der Waals surface area contributed by atoms with Crippen LogP contribution in [0.3, 0.4) is 0 Å². The highest BCUT2D eigenvalue weighted by molar-refractivity contribution is 5.23. The lowest BCUT2D eigenvalue weighted by Crippen LogP contribution is -2.22. The molecule has 0 unspecified atom stereocenters. The van der Waals surface area contributed by atoms with Gasteiger partial charge in [0.25, 0.3) is 0 Å². The molecule has 0 aromatic heterocycles. The van der Waals surface area contributed by atoms with Crippen LogP contribution in [0.15, 0.2) is 23.7 Å². The molecule has 0 spiro atoms. The normalized spacial score (nSPS) is 19.7. The fourth-order valence-corrected chi connectivity index (χ4v) is 1.71. The standard InChI is InChI=1S/C11H18O3/c1-11(8-12-2)6-9(13-3)5-10(7-11)14-4/h6-7H,5,8H2,1-4H3. The molecule has 80 valence electrons. The molecule has 0 fully saturated rings.